The van der Waals surface area contributed by atoms with Crippen LogP contribution < -0.4 is 9.47 Å². The first-order valence-corrected chi connectivity index (χ1v) is 11.4. The minimum Gasteiger partial charge on any atom is -0.507 e. The molecule has 0 fully saturated rings. The molecule has 178 valence electrons. The van der Waals surface area contributed by atoms with E-state index < -0.39 is 11.6 Å². The van der Waals surface area contributed by atoms with Crippen molar-refractivity contribution in [2.75, 3.05) is 14.2 Å². The van der Waals surface area contributed by atoms with Crippen LogP contribution in [0, 0.1) is 0 Å². The van der Waals surface area contributed by atoms with Gasteiger partial charge in [-0.3, -0.25) is 4.99 Å². The largest absolute Gasteiger partial charge is 0.507 e. The van der Waals surface area contributed by atoms with Crippen molar-refractivity contribution in [3.05, 3.63) is 125 Å². The number of aromatic hydroxyl groups is 1. The van der Waals surface area contributed by atoms with E-state index in [9.17, 15) is 10.2 Å². The molecule has 0 saturated carbocycles. The van der Waals surface area contributed by atoms with E-state index in [2.05, 4.69) is 0 Å². The molecule has 0 radical (unpaired) electrons. The van der Waals surface area contributed by atoms with E-state index >= 15 is 0 Å². The standard InChI is InChI=1S/C30H29NO4/c1-34-27-18-10-7-15-24(27)30(33,25-16-8-11-19-28(25)35-2)29(20-22-12-4-3-5-13-22)31-21-23-14-6-9-17-26(23)32/h3-19,21,29,32-33H,20H2,1-2H3/t29-/m1/s1. The van der Waals surface area contributed by atoms with Crippen molar-refractivity contribution in [3.63, 3.8) is 0 Å². The number of phenolic OH excluding ortho intramolecular Hbond substituents is 1. The quantitative estimate of drug-likeness (QED) is 0.325. The van der Waals surface area contributed by atoms with Crippen molar-refractivity contribution in [2.45, 2.75) is 18.1 Å². The second-order valence-corrected chi connectivity index (χ2v) is 8.21. The molecule has 0 spiro atoms. The Hall–Kier alpha value is -4.09. The molecular formula is C30H29NO4. The Morgan fingerprint density at radius 3 is 1.83 bits per heavy atom. The van der Waals surface area contributed by atoms with Gasteiger partial charge in [-0.25, -0.2) is 0 Å². The molecule has 0 aromatic heterocycles. The van der Waals surface area contributed by atoms with E-state index in [1.165, 1.54) is 0 Å². The summed E-state index contributed by atoms with van der Waals surface area (Å²) in [5.41, 5.74) is 1.10. The summed E-state index contributed by atoms with van der Waals surface area (Å²) in [6, 6.07) is 31.0. The van der Waals surface area contributed by atoms with Crippen molar-refractivity contribution >= 4 is 6.21 Å². The second-order valence-electron chi connectivity index (χ2n) is 8.21. The first-order valence-electron chi connectivity index (χ1n) is 11.4. The number of methoxy groups -OCH3 is 2. The third-order valence-corrected chi connectivity index (χ3v) is 6.12. The van der Waals surface area contributed by atoms with Crippen molar-refractivity contribution < 1.29 is 19.7 Å². The van der Waals surface area contributed by atoms with Gasteiger partial charge in [-0.05, 0) is 36.2 Å². The third-order valence-electron chi connectivity index (χ3n) is 6.12. The molecule has 5 heteroatoms. The van der Waals surface area contributed by atoms with Crippen LogP contribution in [0.4, 0.5) is 0 Å². The third kappa shape index (κ3) is 5.05. The molecule has 4 rings (SSSR count). The van der Waals surface area contributed by atoms with Crippen molar-refractivity contribution in [2.24, 2.45) is 4.99 Å². The number of hydrogen-bond acceptors (Lipinski definition) is 5. The Balaban J connectivity index is 1.96. The highest BCUT2D eigenvalue weighted by molar-refractivity contribution is 5.83. The lowest BCUT2D eigenvalue weighted by molar-refractivity contribution is 0.0478. The minimum absolute atomic E-state index is 0.118. The van der Waals surface area contributed by atoms with E-state index in [1.54, 1.807) is 38.6 Å². The van der Waals surface area contributed by atoms with Gasteiger partial charge in [0.15, 0.2) is 0 Å². The number of nitrogens with zero attached hydrogens (tertiary/aromatic N) is 1. The maximum atomic E-state index is 12.7. The average molecular weight is 468 g/mol. The van der Waals surface area contributed by atoms with E-state index in [4.69, 9.17) is 14.5 Å². The highest BCUT2D eigenvalue weighted by Crippen LogP contribution is 2.44. The minimum atomic E-state index is -1.62. The fourth-order valence-electron chi connectivity index (χ4n) is 4.34. The van der Waals surface area contributed by atoms with Crippen LogP contribution in [0.5, 0.6) is 17.2 Å². The second kappa shape index (κ2) is 10.9. The predicted molar refractivity (Wildman–Crippen MR) is 139 cm³/mol. The molecule has 5 nitrogen and oxygen atoms in total. The molecule has 4 aromatic carbocycles. The number of ether oxygens (including phenoxy) is 2. The summed E-state index contributed by atoms with van der Waals surface area (Å²) in [6.45, 7) is 0. The summed E-state index contributed by atoms with van der Waals surface area (Å²) in [4.78, 5) is 4.88. The van der Waals surface area contributed by atoms with Crippen LogP contribution >= 0.6 is 0 Å². The van der Waals surface area contributed by atoms with Crippen molar-refractivity contribution in [1.82, 2.24) is 0 Å². The molecule has 35 heavy (non-hydrogen) atoms. The van der Waals surface area contributed by atoms with Crippen molar-refractivity contribution in [1.29, 1.82) is 0 Å². The normalized spacial score (nSPS) is 12.4. The molecule has 0 unspecified atom stereocenters. The zero-order valence-corrected chi connectivity index (χ0v) is 19.8. The molecule has 0 aliphatic carbocycles. The Morgan fingerprint density at radius 2 is 1.26 bits per heavy atom. The van der Waals surface area contributed by atoms with E-state index in [1.807, 2.05) is 84.9 Å². The van der Waals surface area contributed by atoms with Gasteiger partial charge in [0.1, 0.15) is 22.8 Å². The lowest BCUT2D eigenvalue weighted by atomic mass is 9.77. The van der Waals surface area contributed by atoms with Gasteiger partial charge in [0.2, 0.25) is 0 Å². The van der Waals surface area contributed by atoms with Gasteiger partial charge in [-0.2, -0.15) is 0 Å². The number of aliphatic hydroxyl groups is 1. The first-order chi connectivity index (χ1) is 17.1. The molecule has 4 aromatic rings. The number of benzene rings is 4. The Morgan fingerprint density at radius 1 is 0.743 bits per heavy atom. The van der Waals surface area contributed by atoms with Crippen LogP contribution in [0.3, 0.4) is 0 Å². The van der Waals surface area contributed by atoms with Crippen LogP contribution in [0.1, 0.15) is 22.3 Å². The number of para-hydroxylation sites is 3. The molecule has 0 aliphatic heterocycles. The van der Waals surface area contributed by atoms with Gasteiger partial charge in [0.05, 0.1) is 20.3 Å². The van der Waals surface area contributed by atoms with E-state index in [-0.39, 0.29) is 5.75 Å². The lowest BCUT2D eigenvalue weighted by Crippen LogP contribution is -2.42. The van der Waals surface area contributed by atoms with E-state index in [0.717, 1.165) is 5.56 Å². The van der Waals surface area contributed by atoms with Gasteiger partial charge in [-0.15, -0.1) is 0 Å². The zero-order valence-electron chi connectivity index (χ0n) is 19.8. The van der Waals surface area contributed by atoms with Crippen molar-refractivity contribution in [3.8, 4) is 17.2 Å². The predicted octanol–water partition coefficient (Wildman–Crippen LogP) is 5.38. The fraction of sp³-hybridized carbons (Fsp3) is 0.167. The van der Waals surface area contributed by atoms with Gasteiger partial charge >= 0.3 is 0 Å². The molecule has 0 amide bonds. The van der Waals surface area contributed by atoms with Crippen LogP contribution in [0.15, 0.2) is 108 Å². The average Bonchev–Trinajstić information content (AvgIpc) is 2.92. The summed E-state index contributed by atoms with van der Waals surface area (Å²) in [5, 5.41) is 23.0. The number of aliphatic imine (C=N–C) groups is 1. The monoisotopic (exact) mass is 467 g/mol. The smallest absolute Gasteiger partial charge is 0.144 e. The van der Waals surface area contributed by atoms with Crippen LogP contribution in [-0.4, -0.2) is 36.7 Å². The Kier molecular flexibility index (Phi) is 7.48. The highest BCUT2D eigenvalue weighted by Gasteiger charge is 2.44. The fourth-order valence-corrected chi connectivity index (χ4v) is 4.34. The molecule has 1 atom stereocenters. The molecule has 0 aliphatic rings. The zero-order chi connectivity index (χ0) is 24.7. The van der Waals surface area contributed by atoms with Gasteiger partial charge in [0, 0.05) is 22.9 Å². The maximum absolute atomic E-state index is 12.7. The Labute approximate surface area is 206 Å². The topological polar surface area (TPSA) is 71.3 Å². The summed E-state index contributed by atoms with van der Waals surface area (Å²) >= 11 is 0. The highest BCUT2D eigenvalue weighted by atomic mass is 16.5. The summed E-state index contributed by atoms with van der Waals surface area (Å²) in [6.07, 6.45) is 2.04. The molecular weight excluding hydrogens is 438 g/mol. The van der Waals surface area contributed by atoms with Gasteiger partial charge in [-0.1, -0.05) is 78.9 Å². The Bertz CT molecular complexity index is 1240. The molecule has 0 bridgehead atoms. The molecule has 0 heterocycles. The molecule has 0 saturated heterocycles. The number of rotatable bonds is 9. The summed E-state index contributed by atoms with van der Waals surface area (Å²) < 4.78 is 11.4. The number of phenols is 1. The number of hydrogen-bond donors (Lipinski definition) is 2. The van der Waals surface area contributed by atoms with Crippen LogP contribution in [-0.2, 0) is 12.0 Å². The SMILES string of the molecule is COc1ccccc1C(O)(c1ccccc1OC)[C@@H](Cc1ccccc1)N=Cc1ccccc1O. The summed E-state index contributed by atoms with van der Waals surface area (Å²) in [5.74, 6) is 1.20. The summed E-state index contributed by atoms with van der Waals surface area (Å²) in [7, 11) is 3.16. The van der Waals surface area contributed by atoms with Gasteiger partial charge < -0.3 is 19.7 Å². The maximum Gasteiger partial charge on any atom is 0.144 e. The van der Waals surface area contributed by atoms with Crippen LogP contribution in [0.2, 0.25) is 0 Å². The first kappa shape index (κ1) is 24.0. The van der Waals surface area contributed by atoms with E-state index in [0.29, 0.717) is 34.6 Å². The lowest BCUT2D eigenvalue weighted by Gasteiger charge is -2.37. The van der Waals surface area contributed by atoms with Gasteiger partial charge in [0.25, 0.3) is 0 Å². The molecule has 2 N–H and O–H groups in total. The van der Waals surface area contributed by atoms with Crippen LogP contribution in [0.25, 0.3) is 0 Å².